The second-order valence-electron chi connectivity index (χ2n) is 5.63. The maximum absolute atomic E-state index is 9.08. The van der Waals surface area contributed by atoms with Crippen molar-refractivity contribution in [1.82, 2.24) is 9.78 Å². The van der Waals surface area contributed by atoms with Gasteiger partial charge >= 0.3 is 0 Å². The van der Waals surface area contributed by atoms with E-state index in [4.69, 9.17) is 17.7 Å². The first kappa shape index (κ1) is 20.3. The van der Waals surface area contributed by atoms with E-state index < -0.39 is 10.1 Å². The van der Waals surface area contributed by atoms with Crippen molar-refractivity contribution in [2.24, 2.45) is 5.10 Å². The molecule has 3 rings (SSSR count). The number of hydrogen-bond donors (Lipinski definition) is 0. The molecule has 0 amide bonds. The van der Waals surface area contributed by atoms with E-state index in [9.17, 15) is 0 Å². The molecule has 0 unspecified atom stereocenters. The zero-order chi connectivity index (χ0) is 19.9. The van der Waals surface area contributed by atoms with Crippen LogP contribution in [0.1, 0.15) is 11.1 Å². The van der Waals surface area contributed by atoms with Gasteiger partial charge in [-0.05, 0) is 48.9 Å². The van der Waals surface area contributed by atoms with Gasteiger partial charge in [0.1, 0.15) is 11.4 Å². The third kappa shape index (κ3) is 7.38. The minimum Gasteiger partial charge on any atom is -0.748 e. The number of ether oxygens (including phenoxy) is 1. The third-order valence-electron chi connectivity index (χ3n) is 3.28. The van der Waals surface area contributed by atoms with Gasteiger partial charge in [-0.1, -0.05) is 22.4 Å². The zero-order valence-electron chi connectivity index (χ0n) is 15.2. The Hall–Kier alpha value is -3.04. The lowest BCUT2D eigenvalue weighted by molar-refractivity contribution is -0.678. The van der Waals surface area contributed by atoms with Crippen molar-refractivity contribution in [2.75, 3.05) is 13.4 Å². The first-order valence-electron chi connectivity index (χ1n) is 7.87. The fourth-order valence-corrected chi connectivity index (χ4v) is 1.99. The van der Waals surface area contributed by atoms with Crippen LogP contribution in [-0.2, 0) is 10.1 Å². The van der Waals surface area contributed by atoms with E-state index in [-0.39, 0.29) is 0 Å². The quantitative estimate of drug-likeness (QED) is 0.383. The Bertz CT molecular complexity index is 987. The van der Waals surface area contributed by atoms with Crippen LogP contribution in [0.2, 0.25) is 0 Å². The molecule has 0 saturated carbocycles. The van der Waals surface area contributed by atoms with Gasteiger partial charge in [0.15, 0.2) is 0 Å². The van der Waals surface area contributed by atoms with E-state index in [1.165, 1.54) is 5.56 Å². The second-order valence-corrected chi connectivity index (χ2v) is 7.04. The Morgan fingerprint density at radius 1 is 1.15 bits per heavy atom. The van der Waals surface area contributed by atoms with Crippen molar-refractivity contribution in [3.63, 3.8) is 0 Å². The molecule has 9 heteroatoms. The standard InChI is InChI=1S/C17H17N4O.CH4O3S/c1-14-3-7-16(8-4-14)21-13-20(12-19-21)18-11-15-5-9-17(22-2)10-6-15;1-5(2,3)4/h3-13H,1-2H3;1H3,(H,2,3,4)/q+1;/p-1. The summed E-state index contributed by atoms with van der Waals surface area (Å²) < 4.78 is 35.8. The predicted molar refractivity (Wildman–Crippen MR) is 100 cm³/mol. The summed E-state index contributed by atoms with van der Waals surface area (Å²) in [4.78, 5) is 0. The largest absolute Gasteiger partial charge is 0.748 e. The number of aromatic nitrogens is 3. The van der Waals surface area contributed by atoms with Gasteiger partial charge in [-0.3, -0.25) is 0 Å². The minimum absolute atomic E-state index is 0.604. The van der Waals surface area contributed by atoms with Gasteiger partial charge in [-0.25, -0.2) is 8.42 Å². The molecule has 142 valence electrons. The molecule has 1 aromatic heterocycles. The molecule has 0 aliphatic carbocycles. The Balaban J connectivity index is 0.000000465. The van der Waals surface area contributed by atoms with Crippen LogP contribution < -0.4 is 9.41 Å². The normalized spacial score (nSPS) is 11.1. The topological polar surface area (TPSA) is 100 Å². The van der Waals surface area contributed by atoms with Crippen molar-refractivity contribution >= 4 is 16.3 Å². The number of aryl methyl sites for hydroxylation is 1. The van der Waals surface area contributed by atoms with Crippen molar-refractivity contribution in [3.8, 4) is 11.4 Å². The Morgan fingerprint density at radius 2 is 1.74 bits per heavy atom. The van der Waals surface area contributed by atoms with Gasteiger partial charge in [0, 0.05) is 11.4 Å². The molecule has 0 spiro atoms. The summed E-state index contributed by atoms with van der Waals surface area (Å²) in [6.07, 6.45) is 5.87. The molecular weight excluding hydrogens is 368 g/mol. The minimum atomic E-state index is -3.92. The highest BCUT2D eigenvalue weighted by molar-refractivity contribution is 7.84. The van der Waals surface area contributed by atoms with Crippen molar-refractivity contribution < 1.29 is 22.4 Å². The molecule has 0 aliphatic rings. The summed E-state index contributed by atoms with van der Waals surface area (Å²) >= 11 is 0. The third-order valence-corrected chi connectivity index (χ3v) is 3.28. The van der Waals surface area contributed by atoms with Gasteiger partial charge in [0.2, 0.25) is 0 Å². The summed E-state index contributed by atoms with van der Waals surface area (Å²) in [7, 11) is -2.27. The lowest BCUT2D eigenvalue weighted by Crippen LogP contribution is -2.24. The van der Waals surface area contributed by atoms with Crippen LogP contribution in [0.5, 0.6) is 5.75 Å². The van der Waals surface area contributed by atoms with Gasteiger partial charge < -0.3 is 9.29 Å². The van der Waals surface area contributed by atoms with Crippen LogP contribution in [0, 0.1) is 6.92 Å². The van der Waals surface area contributed by atoms with E-state index in [1.807, 2.05) is 42.7 Å². The maximum atomic E-state index is 9.08. The molecule has 8 nitrogen and oxygen atoms in total. The molecule has 0 saturated heterocycles. The van der Waals surface area contributed by atoms with Crippen LogP contribution in [0.3, 0.4) is 0 Å². The maximum Gasteiger partial charge on any atom is 0.289 e. The molecule has 0 atom stereocenters. The number of nitrogens with zero attached hydrogens (tertiary/aromatic N) is 4. The van der Waals surface area contributed by atoms with Gasteiger partial charge in [0.25, 0.3) is 12.7 Å². The summed E-state index contributed by atoms with van der Waals surface area (Å²) in [5.74, 6) is 0.831. The summed E-state index contributed by atoms with van der Waals surface area (Å²) in [6.45, 7) is 2.06. The summed E-state index contributed by atoms with van der Waals surface area (Å²) in [6, 6.07) is 15.9. The van der Waals surface area contributed by atoms with Gasteiger partial charge in [0.05, 0.1) is 23.4 Å². The molecular formula is C18H20N4O4S. The Morgan fingerprint density at radius 3 is 2.30 bits per heavy atom. The van der Waals surface area contributed by atoms with Crippen LogP contribution >= 0.6 is 0 Å². The van der Waals surface area contributed by atoms with Gasteiger partial charge in [-0.2, -0.15) is 0 Å². The molecule has 0 radical (unpaired) electrons. The van der Waals surface area contributed by atoms with Crippen molar-refractivity contribution in [1.29, 1.82) is 0 Å². The summed E-state index contributed by atoms with van der Waals surface area (Å²) in [5.41, 5.74) is 3.22. The van der Waals surface area contributed by atoms with E-state index in [0.29, 0.717) is 6.26 Å². The molecule has 0 fully saturated rings. The molecule has 3 aromatic rings. The van der Waals surface area contributed by atoms with Crippen LogP contribution in [0.25, 0.3) is 5.69 Å². The monoisotopic (exact) mass is 388 g/mol. The first-order valence-corrected chi connectivity index (χ1v) is 9.68. The zero-order valence-corrected chi connectivity index (χ0v) is 16.0. The fraction of sp³-hybridized carbons (Fsp3) is 0.167. The van der Waals surface area contributed by atoms with Crippen LogP contribution in [0.4, 0.5) is 0 Å². The highest BCUT2D eigenvalue weighted by Crippen LogP contribution is 2.09. The van der Waals surface area contributed by atoms with Gasteiger partial charge in [-0.15, -0.1) is 9.78 Å². The number of methoxy groups -OCH3 is 1. The van der Waals surface area contributed by atoms with Crippen LogP contribution in [-0.4, -0.2) is 42.3 Å². The van der Waals surface area contributed by atoms with Crippen molar-refractivity contribution in [2.45, 2.75) is 6.92 Å². The summed E-state index contributed by atoms with van der Waals surface area (Å²) in [5, 5.41) is 8.66. The van der Waals surface area contributed by atoms with E-state index in [2.05, 4.69) is 29.3 Å². The Labute approximate surface area is 158 Å². The average Bonchev–Trinajstić information content (AvgIpc) is 3.08. The lowest BCUT2D eigenvalue weighted by Gasteiger charge is -1.97. The number of hydrogen-bond acceptors (Lipinski definition) is 6. The lowest BCUT2D eigenvalue weighted by atomic mass is 10.2. The predicted octanol–water partition coefficient (Wildman–Crippen LogP) is 1.52. The van der Waals surface area contributed by atoms with E-state index in [1.54, 1.807) is 29.0 Å². The fourth-order valence-electron chi connectivity index (χ4n) is 1.99. The number of benzene rings is 2. The molecule has 0 N–H and O–H groups in total. The highest BCUT2D eigenvalue weighted by Gasteiger charge is 2.07. The first-order chi connectivity index (χ1) is 12.7. The smallest absolute Gasteiger partial charge is 0.289 e. The highest BCUT2D eigenvalue weighted by atomic mass is 32.2. The second kappa shape index (κ2) is 9.06. The molecule has 2 aromatic carbocycles. The molecule has 0 aliphatic heterocycles. The molecule has 1 heterocycles. The SMILES string of the molecule is COc1ccc(C=N[n+]2cnn(-c3ccc(C)cc3)c2)cc1.CS(=O)(=O)[O-]. The van der Waals surface area contributed by atoms with Crippen molar-refractivity contribution in [3.05, 3.63) is 72.3 Å². The average molecular weight is 388 g/mol. The number of rotatable bonds is 4. The van der Waals surface area contributed by atoms with E-state index in [0.717, 1.165) is 17.0 Å². The van der Waals surface area contributed by atoms with Crippen LogP contribution in [0.15, 0.2) is 66.3 Å². The Kier molecular flexibility index (Phi) is 6.80. The van der Waals surface area contributed by atoms with E-state index >= 15 is 0 Å². The molecule has 27 heavy (non-hydrogen) atoms. The molecule has 0 bridgehead atoms.